The zero-order chi connectivity index (χ0) is 14.8. The quantitative estimate of drug-likeness (QED) is 0.770. The third-order valence-corrected chi connectivity index (χ3v) is 4.08. The summed E-state index contributed by atoms with van der Waals surface area (Å²) in [5, 5.41) is 13.1. The van der Waals surface area contributed by atoms with Gasteiger partial charge in [0.1, 0.15) is 12.1 Å². The number of benzene rings is 1. The van der Waals surface area contributed by atoms with Gasteiger partial charge in [0.2, 0.25) is 0 Å². The topological polar surface area (TPSA) is 88.0 Å². The molecule has 0 fully saturated rings. The van der Waals surface area contributed by atoms with E-state index in [1.165, 1.54) is 6.33 Å². The minimum Gasteiger partial charge on any atom is -0.478 e. The number of thiazole rings is 1. The van der Waals surface area contributed by atoms with E-state index in [4.69, 9.17) is 5.11 Å². The number of nitrogens with one attached hydrogen (secondary N) is 1. The van der Waals surface area contributed by atoms with Crippen LogP contribution in [0.15, 0.2) is 30.0 Å². The lowest BCUT2D eigenvalue weighted by molar-refractivity contribution is 0.0697. The van der Waals surface area contributed by atoms with Gasteiger partial charge in [-0.1, -0.05) is 0 Å². The molecule has 0 saturated heterocycles. The zero-order valence-corrected chi connectivity index (χ0v) is 12.0. The Bertz CT molecular complexity index is 816. The van der Waals surface area contributed by atoms with Gasteiger partial charge in [0, 0.05) is 10.3 Å². The number of aromatic nitrogens is 3. The van der Waals surface area contributed by atoms with Gasteiger partial charge in [0.05, 0.1) is 28.8 Å². The summed E-state index contributed by atoms with van der Waals surface area (Å²) in [7, 11) is 0. The standard InChI is InChI=1S/C14H12N4O2S/c1-8-12(21-7-18-8)5-15-13-10-3-2-9(14(19)20)4-11(10)16-6-17-13/h2-4,6-7H,5H2,1H3,(H,19,20)(H,15,16,17). The summed E-state index contributed by atoms with van der Waals surface area (Å²) in [5.74, 6) is -0.282. The first-order valence-electron chi connectivity index (χ1n) is 6.26. The molecule has 0 unspecified atom stereocenters. The molecule has 2 N–H and O–H groups in total. The highest BCUT2D eigenvalue weighted by Gasteiger charge is 2.09. The molecule has 0 bridgehead atoms. The third kappa shape index (κ3) is 2.68. The number of aromatic carboxylic acids is 1. The second-order valence-corrected chi connectivity index (χ2v) is 5.41. The number of fused-ring (bicyclic) bond motifs is 1. The second-order valence-electron chi connectivity index (χ2n) is 4.47. The largest absolute Gasteiger partial charge is 0.478 e. The lowest BCUT2D eigenvalue weighted by atomic mass is 10.1. The monoisotopic (exact) mass is 300 g/mol. The first-order chi connectivity index (χ1) is 10.1. The van der Waals surface area contributed by atoms with Gasteiger partial charge < -0.3 is 10.4 Å². The Balaban J connectivity index is 1.92. The van der Waals surface area contributed by atoms with Crippen LogP contribution in [0, 0.1) is 6.92 Å². The highest BCUT2D eigenvalue weighted by molar-refractivity contribution is 7.09. The predicted octanol–water partition coefficient (Wildman–Crippen LogP) is 2.71. The molecule has 7 heteroatoms. The summed E-state index contributed by atoms with van der Waals surface area (Å²) < 4.78 is 0. The van der Waals surface area contributed by atoms with Crippen LogP contribution >= 0.6 is 11.3 Å². The van der Waals surface area contributed by atoms with Crippen molar-refractivity contribution >= 4 is 34.0 Å². The molecule has 3 rings (SSSR count). The first-order valence-corrected chi connectivity index (χ1v) is 7.14. The lowest BCUT2D eigenvalue weighted by Gasteiger charge is -2.08. The van der Waals surface area contributed by atoms with E-state index in [0.29, 0.717) is 17.9 Å². The van der Waals surface area contributed by atoms with Crippen molar-refractivity contribution in [3.63, 3.8) is 0 Å². The molecule has 0 amide bonds. The van der Waals surface area contributed by atoms with Crippen LogP contribution in [0.5, 0.6) is 0 Å². The van der Waals surface area contributed by atoms with E-state index in [1.807, 2.05) is 12.4 Å². The van der Waals surface area contributed by atoms with E-state index in [-0.39, 0.29) is 5.56 Å². The van der Waals surface area contributed by atoms with Crippen LogP contribution in [0.4, 0.5) is 5.82 Å². The molecular weight excluding hydrogens is 288 g/mol. The van der Waals surface area contributed by atoms with Gasteiger partial charge in [0.15, 0.2) is 0 Å². The minimum atomic E-state index is -0.967. The molecule has 21 heavy (non-hydrogen) atoms. The molecule has 2 aromatic heterocycles. The normalized spacial score (nSPS) is 10.7. The molecule has 0 spiro atoms. The van der Waals surface area contributed by atoms with Crippen molar-refractivity contribution in [1.29, 1.82) is 0 Å². The predicted molar refractivity (Wildman–Crippen MR) is 80.7 cm³/mol. The molecule has 106 valence electrons. The molecule has 6 nitrogen and oxygen atoms in total. The number of carboxylic acid groups (broad SMARTS) is 1. The molecule has 2 heterocycles. The van der Waals surface area contributed by atoms with Crippen molar-refractivity contribution in [1.82, 2.24) is 15.0 Å². The highest BCUT2D eigenvalue weighted by atomic mass is 32.1. The highest BCUT2D eigenvalue weighted by Crippen LogP contribution is 2.22. The minimum absolute atomic E-state index is 0.213. The third-order valence-electron chi connectivity index (χ3n) is 3.14. The fraction of sp³-hybridized carbons (Fsp3) is 0.143. The van der Waals surface area contributed by atoms with Gasteiger partial charge in [-0.15, -0.1) is 11.3 Å². The van der Waals surface area contributed by atoms with Crippen LogP contribution in [-0.4, -0.2) is 26.0 Å². The number of anilines is 1. The Morgan fingerprint density at radius 2 is 2.19 bits per heavy atom. The number of hydrogen-bond acceptors (Lipinski definition) is 6. The number of aryl methyl sites for hydroxylation is 1. The van der Waals surface area contributed by atoms with E-state index >= 15 is 0 Å². The van der Waals surface area contributed by atoms with Crippen LogP contribution in [0.3, 0.4) is 0 Å². The smallest absolute Gasteiger partial charge is 0.335 e. The summed E-state index contributed by atoms with van der Waals surface area (Å²) in [6.07, 6.45) is 1.43. The van der Waals surface area contributed by atoms with Crippen LogP contribution < -0.4 is 5.32 Å². The second kappa shape index (κ2) is 5.45. The summed E-state index contributed by atoms with van der Waals surface area (Å²) >= 11 is 1.59. The van der Waals surface area contributed by atoms with Crippen molar-refractivity contribution in [2.45, 2.75) is 13.5 Å². The molecule has 0 aliphatic rings. The number of hydrogen-bond donors (Lipinski definition) is 2. The first kappa shape index (κ1) is 13.4. The Hall–Kier alpha value is -2.54. The molecule has 3 aromatic rings. The summed E-state index contributed by atoms with van der Waals surface area (Å²) in [6, 6.07) is 4.82. The van der Waals surface area contributed by atoms with Gasteiger partial charge in [-0.2, -0.15) is 0 Å². The molecule has 1 aromatic carbocycles. The van der Waals surface area contributed by atoms with Crippen molar-refractivity contribution in [3.05, 3.63) is 46.2 Å². The van der Waals surface area contributed by atoms with Gasteiger partial charge in [-0.25, -0.2) is 19.7 Å². The maximum atomic E-state index is 11.0. The Morgan fingerprint density at radius 1 is 1.33 bits per heavy atom. The zero-order valence-electron chi connectivity index (χ0n) is 11.2. The van der Waals surface area contributed by atoms with Crippen molar-refractivity contribution < 1.29 is 9.90 Å². The van der Waals surface area contributed by atoms with Crippen LogP contribution in [0.1, 0.15) is 20.9 Å². The number of nitrogens with zero attached hydrogens (tertiary/aromatic N) is 3. The van der Waals surface area contributed by atoms with Crippen LogP contribution in [0.2, 0.25) is 0 Å². The Morgan fingerprint density at radius 3 is 2.90 bits per heavy atom. The fourth-order valence-corrected chi connectivity index (χ4v) is 2.71. The number of carbonyl (C=O) groups is 1. The van der Waals surface area contributed by atoms with Gasteiger partial charge in [0.25, 0.3) is 0 Å². The van der Waals surface area contributed by atoms with E-state index in [0.717, 1.165) is 16.0 Å². The SMILES string of the molecule is Cc1ncsc1CNc1ncnc2cc(C(=O)O)ccc12. The lowest BCUT2D eigenvalue weighted by Crippen LogP contribution is -2.03. The maximum absolute atomic E-state index is 11.0. The molecular formula is C14H12N4O2S. The molecule has 0 radical (unpaired) electrons. The van der Waals surface area contributed by atoms with E-state index < -0.39 is 5.97 Å². The maximum Gasteiger partial charge on any atom is 0.335 e. The number of rotatable bonds is 4. The van der Waals surface area contributed by atoms with Crippen molar-refractivity contribution in [2.24, 2.45) is 0 Å². The van der Waals surface area contributed by atoms with Gasteiger partial charge in [-0.05, 0) is 25.1 Å². The van der Waals surface area contributed by atoms with Crippen LogP contribution in [-0.2, 0) is 6.54 Å². The van der Waals surface area contributed by atoms with Crippen molar-refractivity contribution in [3.8, 4) is 0 Å². The summed E-state index contributed by atoms with van der Waals surface area (Å²) in [4.78, 5) is 24.7. The Kier molecular flexibility index (Phi) is 3.49. The summed E-state index contributed by atoms with van der Waals surface area (Å²) in [6.45, 7) is 2.59. The van der Waals surface area contributed by atoms with E-state index in [2.05, 4.69) is 20.3 Å². The molecule has 0 aliphatic heterocycles. The van der Waals surface area contributed by atoms with Gasteiger partial charge in [-0.3, -0.25) is 0 Å². The molecule has 0 atom stereocenters. The van der Waals surface area contributed by atoms with Gasteiger partial charge >= 0.3 is 5.97 Å². The average molecular weight is 300 g/mol. The van der Waals surface area contributed by atoms with E-state index in [1.54, 1.807) is 29.5 Å². The molecule has 0 aliphatic carbocycles. The van der Waals surface area contributed by atoms with Crippen LogP contribution in [0.25, 0.3) is 10.9 Å². The average Bonchev–Trinajstić information content (AvgIpc) is 2.89. The van der Waals surface area contributed by atoms with E-state index in [9.17, 15) is 4.79 Å². The van der Waals surface area contributed by atoms with Crippen molar-refractivity contribution in [2.75, 3.05) is 5.32 Å². The molecule has 0 saturated carbocycles. The Labute approximate surface area is 124 Å². The number of carboxylic acids is 1. The summed E-state index contributed by atoms with van der Waals surface area (Å²) in [5.41, 5.74) is 3.63. The fourth-order valence-electron chi connectivity index (χ4n) is 1.99.